The zero-order chi connectivity index (χ0) is 18.1. The topological polar surface area (TPSA) is 94.0 Å². The Kier molecular flexibility index (Phi) is 5.44. The first-order chi connectivity index (χ1) is 11.1. The number of nitrogens with zero attached hydrogens (tertiary/aromatic N) is 3. The maximum atomic E-state index is 12.3. The molecule has 24 heavy (non-hydrogen) atoms. The average molecular weight is 415 g/mol. The normalized spacial score (nSPS) is 12.9. The first-order valence-electron chi connectivity index (χ1n) is 7.29. The van der Waals surface area contributed by atoms with E-state index in [-0.39, 0.29) is 4.90 Å². The lowest BCUT2D eigenvalue weighted by Crippen LogP contribution is -2.35. The molecular weight excluding hydrogens is 396 g/mol. The molecule has 2 heterocycles. The van der Waals surface area contributed by atoms with Crippen LogP contribution in [-0.2, 0) is 28.3 Å². The van der Waals surface area contributed by atoms with E-state index in [0.717, 1.165) is 17.0 Å². The molecule has 0 aromatic carbocycles. The molecule has 2 aromatic rings. The zero-order valence-corrected chi connectivity index (χ0v) is 16.3. The van der Waals surface area contributed by atoms with E-state index < -0.39 is 21.8 Å². The standard InChI is InChI=1S/C15H19BrN4O3S/c1-9(7-13-10(2)18-20(4)11(13)3)15(21)19-24(22,23)12-5-6-14(16)17-8-12/h5-6,8-9H,7H2,1-4H3,(H,19,21)/t9-/m0/s1. The predicted octanol–water partition coefficient (Wildman–Crippen LogP) is 1.88. The monoisotopic (exact) mass is 414 g/mol. The van der Waals surface area contributed by atoms with Crippen LogP contribution in [0.2, 0.25) is 0 Å². The minimum atomic E-state index is -3.93. The maximum absolute atomic E-state index is 12.3. The van der Waals surface area contributed by atoms with Crippen LogP contribution in [0.5, 0.6) is 0 Å². The van der Waals surface area contributed by atoms with E-state index in [1.54, 1.807) is 11.6 Å². The summed E-state index contributed by atoms with van der Waals surface area (Å²) in [5.41, 5.74) is 2.77. The second-order valence-corrected chi connectivity index (χ2v) is 8.16. The van der Waals surface area contributed by atoms with Crippen LogP contribution in [0.1, 0.15) is 23.9 Å². The van der Waals surface area contributed by atoms with Crippen molar-refractivity contribution >= 4 is 31.9 Å². The summed E-state index contributed by atoms with van der Waals surface area (Å²) < 4.78 is 28.9. The van der Waals surface area contributed by atoms with Gasteiger partial charge in [-0.05, 0) is 53.9 Å². The number of hydrogen-bond acceptors (Lipinski definition) is 5. The van der Waals surface area contributed by atoms with Crippen molar-refractivity contribution in [1.29, 1.82) is 0 Å². The van der Waals surface area contributed by atoms with Gasteiger partial charge in [0.2, 0.25) is 5.91 Å². The van der Waals surface area contributed by atoms with E-state index >= 15 is 0 Å². The van der Waals surface area contributed by atoms with Crippen molar-refractivity contribution in [3.8, 4) is 0 Å². The Hall–Kier alpha value is -1.74. The highest BCUT2D eigenvalue weighted by Crippen LogP contribution is 2.18. The summed E-state index contributed by atoms with van der Waals surface area (Å²) in [7, 11) is -2.10. The van der Waals surface area contributed by atoms with Gasteiger partial charge in [-0.15, -0.1) is 0 Å². The summed E-state index contributed by atoms with van der Waals surface area (Å²) in [4.78, 5) is 16.1. The van der Waals surface area contributed by atoms with Crippen molar-refractivity contribution in [2.24, 2.45) is 13.0 Å². The van der Waals surface area contributed by atoms with Crippen LogP contribution in [0.4, 0.5) is 0 Å². The first kappa shape index (κ1) is 18.6. The molecule has 0 radical (unpaired) electrons. The molecule has 130 valence electrons. The van der Waals surface area contributed by atoms with Gasteiger partial charge in [-0.2, -0.15) is 5.10 Å². The third-order valence-electron chi connectivity index (χ3n) is 3.86. The lowest BCUT2D eigenvalue weighted by atomic mass is 9.99. The van der Waals surface area contributed by atoms with Gasteiger partial charge < -0.3 is 0 Å². The number of rotatable bonds is 5. The van der Waals surface area contributed by atoms with Gasteiger partial charge in [-0.3, -0.25) is 9.48 Å². The molecule has 7 nitrogen and oxygen atoms in total. The Balaban J connectivity index is 2.12. The number of aromatic nitrogens is 3. The van der Waals surface area contributed by atoms with Crippen molar-refractivity contribution in [3.05, 3.63) is 39.9 Å². The Morgan fingerprint density at radius 2 is 2.04 bits per heavy atom. The maximum Gasteiger partial charge on any atom is 0.265 e. The molecule has 0 saturated carbocycles. The predicted molar refractivity (Wildman–Crippen MR) is 92.8 cm³/mol. The zero-order valence-electron chi connectivity index (χ0n) is 13.9. The number of nitrogens with one attached hydrogen (secondary N) is 1. The minimum absolute atomic E-state index is 0.0556. The van der Waals surface area contributed by atoms with Crippen molar-refractivity contribution < 1.29 is 13.2 Å². The number of aryl methyl sites for hydroxylation is 2. The molecule has 9 heteroatoms. The molecule has 2 aromatic heterocycles. The van der Waals surface area contributed by atoms with Gasteiger partial charge in [0.05, 0.1) is 5.69 Å². The summed E-state index contributed by atoms with van der Waals surface area (Å²) in [6.45, 7) is 5.48. The molecule has 1 amide bonds. The number of amides is 1. The SMILES string of the molecule is Cc1nn(C)c(C)c1C[C@H](C)C(=O)NS(=O)(=O)c1ccc(Br)nc1. The molecule has 0 aliphatic rings. The van der Waals surface area contributed by atoms with E-state index in [1.165, 1.54) is 18.3 Å². The minimum Gasteiger partial charge on any atom is -0.274 e. The molecule has 0 spiro atoms. The Morgan fingerprint density at radius 1 is 1.38 bits per heavy atom. The lowest BCUT2D eigenvalue weighted by molar-refractivity contribution is -0.122. The summed E-state index contributed by atoms with van der Waals surface area (Å²) in [5, 5.41) is 4.31. The molecule has 1 atom stereocenters. The van der Waals surface area contributed by atoms with E-state index in [1.807, 2.05) is 20.9 Å². The summed E-state index contributed by atoms with van der Waals surface area (Å²) in [6.07, 6.45) is 1.62. The van der Waals surface area contributed by atoms with Crippen molar-refractivity contribution in [2.75, 3.05) is 0 Å². The van der Waals surface area contributed by atoms with Gasteiger partial charge in [0, 0.05) is 24.9 Å². The first-order valence-corrected chi connectivity index (χ1v) is 9.56. The molecular formula is C15H19BrN4O3S. The van der Waals surface area contributed by atoms with Crippen LogP contribution in [0.3, 0.4) is 0 Å². The van der Waals surface area contributed by atoms with E-state index in [9.17, 15) is 13.2 Å². The Morgan fingerprint density at radius 3 is 2.54 bits per heavy atom. The van der Waals surface area contributed by atoms with Crippen LogP contribution < -0.4 is 4.72 Å². The van der Waals surface area contributed by atoms with Gasteiger partial charge in [0.1, 0.15) is 9.50 Å². The molecule has 0 aliphatic heterocycles. The molecule has 2 rings (SSSR count). The second-order valence-electron chi connectivity index (χ2n) is 5.66. The van der Waals surface area contributed by atoms with Crippen LogP contribution >= 0.6 is 15.9 Å². The Bertz CT molecular complexity index is 860. The quantitative estimate of drug-likeness (QED) is 0.753. The molecule has 0 unspecified atom stereocenters. The second kappa shape index (κ2) is 7.02. The van der Waals surface area contributed by atoms with E-state index in [2.05, 4.69) is 30.7 Å². The van der Waals surface area contributed by atoms with Crippen molar-refractivity contribution in [1.82, 2.24) is 19.5 Å². The number of carbonyl (C=O) groups is 1. The summed E-state index contributed by atoms with van der Waals surface area (Å²) >= 11 is 3.14. The Labute approximate surface area is 149 Å². The van der Waals surface area contributed by atoms with Gasteiger partial charge in [0.15, 0.2) is 0 Å². The fraction of sp³-hybridized carbons (Fsp3) is 0.400. The smallest absolute Gasteiger partial charge is 0.265 e. The van der Waals surface area contributed by atoms with Crippen molar-refractivity contribution in [2.45, 2.75) is 32.1 Å². The molecule has 0 saturated heterocycles. The average Bonchev–Trinajstić information content (AvgIpc) is 2.73. The largest absolute Gasteiger partial charge is 0.274 e. The third-order valence-corrected chi connectivity index (χ3v) is 5.66. The van der Waals surface area contributed by atoms with Crippen LogP contribution in [-0.4, -0.2) is 29.1 Å². The van der Waals surface area contributed by atoms with E-state index in [0.29, 0.717) is 11.0 Å². The van der Waals surface area contributed by atoms with Gasteiger partial charge in [-0.25, -0.2) is 18.1 Å². The molecule has 0 bridgehead atoms. The fourth-order valence-electron chi connectivity index (χ4n) is 2.32. The highest BCUT2D eigenvalue weighted by atomic mass is 79.9. The van der Waals surface area contributed by atoms with Crippen molar-refractivity contribution in [3.63, 3.8) is 0 Å². The number of sulfonamides is 1. The van der Waals surface area contributed by atoms with Crippen LogP contribution in [0.25, 0.3) is 0 Å². The number of pyridine rings is 1. The summed E-state index contributed by atoms with van der Waals surface area (Å²) in [6, 6.07) is 2.89. The van der Waals surface area contributed by atoms with Crippen LogP contribution in [0.15, 0.2) is 27.8 Å². The van der Waals surface area contributed by atoms with Gasteiger partial charge in [0.25, 0.3) is 10.0 Å². The molecule has 0 aliphatic carbocycles. The highest BCUT2D eigenvalue weighted by Gasteiger charge is 2.24. The third kappa shape index (κ3) is 4.02. The van der Waals surface area contributed by atoms with Crippen LogP contribution in [0, 0.1) is 19.8 Å². The number of halogens is 1. The lowest BCUT2D eigenvalue weighted by Gasteiger charge is -2.13. The number of carbonyl (C=O) groups excluding carboxylic acids is 1. The number of hydrogen-bond donors (Lipinski definition) is 1. The van der Waals surface area contributed by atoms with Gasteiger partial charge >= 0.3 is 0 Å². The summed E-state index contributed by atoms with van der Waals surface area (Å²) in [5.74, 6) is -1.06. The van der Waals surface area contributed by atoms with E-state index in [4.69, 9.17) is 0 Å². The highest BCUT2D eigenvalue weighted by molar-refractivity contribution is 9.10. The fourth-order valence-corrected chi connectivity index (χ4v) is 3.58. The molecule has 0 fully saturated rings. The molecule has 1 N–H and O–H groups in total. The van der Waals surface area contributed by atoms with Gasteiger partial charge in [-0.1, -0.05) is 6.92 Å².